The van der Waals surface area contributed by atoms with Crippen molar-refractivity contribution in [3.8, 4) is 11.5 Å². The van der Waals surface area contributed by atoms with E-state index < -0.39 is 36.3 Å². The van der Waals surface area contributed by atoms with E-state index in [1.165, 1.54) is 25.3 Å². The molecule has 2 aromatic rings. The summed E-state index contributed by atoms with van der Waals surface area (Å²) in [5.74, 6) is -0.288. The van der Waals surface area contributed by atoms with Crippen LogP contribution in [0, 0.1) is 6.92 Å². The van der Waals surface area contributed by atoms with Crippen molar-refractivity contribution in [3.63, 3.8) is 0 Å². The molecule has 0 aromatic heterocycles. The molecule has 11 heteroatoms. The molecule has 1 saturated heterocycles. The Bertz CT molecular complexity index is 1060. The van der Waals surface area contributed by atoms with Crippen LogP contribution < -0.4 is 14.9 Å². The molecule has 0 aliphatic carbocycles. The summed E-state index contributed by atoms with van der Waals surface area (Å²) in [6, 6.07) is 8.99. The van der Waals surface area contributed by atoms with Crippen LogP contribution in [0.1, 0.15) is 27.9 Å². The minimum Gasteiger partial charge on any atom is -0.496 e. The highest BCUT2D eigenvalue weighted by Crippen LogP contribution is 2.36. The van der Waals surface area contributed by atoms with Gasteiger partial charge >= 0.3 is 0 Å². The molecule has 1 amide bonds. The number of benzene rings is 2. The number of halogens is 5. The molecule has 2 N–H and O–H groups in total. The van der Waals surface area contributed by atoms with Gasteiger partial charge in [-0.2, -0.15) is 8.78 Å². The molecule has 0 saturated carbocycles. The van der Waals surface area contributed by atoms with Crippen molar-refractivity contribution in [3.05, 3.63) is 69.9 Å². The monoisotopic (exact) mass is 474 g/mol. The number of hydrogen-bond donors (Lipinski definition) is 2. The fourth-order valence-electron chi connectivity index (χ4n) is 3.14. The summed E-state index contributed by atoms with van der Waals surface area (Å²) in [7, 11) is 1.39. The number of ether oxygens (including phenoxy) is 2. The molecule has 1 aliphatic heterocycles. The summed E-state index contributed by atoms with van der Waals surface area (Å²) in [6.07, 6.45) is -6.94. The number of carbonyl (C=O) groups excluding carboxylic acids is 1. The second-order valence-corrected chi connectivity index (χ2v) is 7.48. The molecule has 1 fully saturated rings. The highest BCUT2D eigenvalue weighted by Gasteiger charge is 2.53. The number of carbonyl (C=O) groups is 1. The van der Waals surface area contributed by atoms with Gasteiger partial charge in [-0.05, 0) is 48.9 Å². The third kappa shape index (κ3) is 4.61. The smallest absolute Gasteiger partial charge is 0.291 e. The number of hydrogen-bond acceptors (Lipinski definition) is 5. The topological polar surface area (TPSA) is 71.0 Å². The van der Waals surface area contributed by atoms with Crippen LogP contribution in [-0.2, 0) is 6.61 Å². The maximum Gasteiger partial charge on any atom is 0.291 e. The normalized spacial score (nSPS) is 18.0. The number of hydrazine groups is 1. The number of aliphatic hydroxyl groups is 1. The van der Waals surface area contributed by atoms with Crippen molar-refractivity contribution in [1.29, 1.82) is 0 Å². The first-order valence-corrected chi connectivity index (χ1v) is 9.66. The van der Waals surface area contributed by atoms with Crippen LogP contribution in [-0.4, -0.2) is 35.3 Å². The highest BCUT2D eigenvalue weighted by molar-refractivity contribution is 6.31. The van der Waals surface area contributed by atoms with Crippen molar-refractivity contribution in [1.82, 2.24) is 10.4 Å². The van der Waals surface area contributed by atoms with Crippen molar-refractivity contribution >= 4 is 17.5 Å². The van der Waals surface area contributed by atoms with Crippen molar-refractivity contribution in [2.45, 2.75) is 32.1 Å². The predicted octanol–water partition coefficient (Wildman–Crippen LogP) is 4.65. The molecule has 2 aromatic carbocycles. The van der Waals surface area contributed by atoms with Gasteiger partial charge in [-0.15, -0.1) is 0 Å². The molecular weight excluding hydrogens is 456 g/mol. The van der Waals surface area contributed by atoms with Crippen molar-refractivity contribution in [2.75, 3.05) is 7.11 Å². The van der Waals surface area contributed by atoms with Gasteiger partial charge in [0.15, 0.2) is 0 Å². The van der Waals surface area contributed by atoms with E-state index in [9.17, 15) is 27.5 Å². The zero-order valence-electron chi connectivity index (χ0n) is 17.0. The Morgan fingerprint density at radius 1 is 1.28 bits per heavy atom. The van der Waals surface area contributed by atoms with Crippen LogP contribution in [0.2, 0.25) is 5.02 Å². The Hall–Kier alpha value is -2.98. The van der Waals surface area contributed by atoms with Gasteiger partial charge in [0.25, 0.3) is 18.4 Å². The first-order valence-electron chi connectivity index (χ1n) is 9.28. The molecule has 1 aliphatic rings. The molecule has 0 radical (unpaired) electrons. The Morgan fingerprint density at radius 3 is 2.59 bits per heavy atom. The number of nitrogens with zero attached hydrogens (tertiary/aromatic N) is 1. The zero-order valence-corrected chi connectivity index (χ0v) is 17.7. The van der Waals surface area contributed by atoms with Gasteiger partial charge in [-0.3, -0.25) is 10.2 Å². The van der Waals surface area contributed by atoms with Crippen LogP contribution >= 0.6 is 11.6 Å². The van der Waals surface area contributed by atoms with Gasteiger partial charge < -0.3 is 14.6 Å². The molecule has 1 unspecified atom stereocenters. The number of alkyl halides is 2. The molecule has 1 atom stereocenters. The number of nitrogens with one attached hydrogen (secondary N) is 1. The number of aryl methyl sites for hydroxylation is 1. The lowest BCUT2D eigenvalue weighted by atomic mass is 10.1. The average Bonchev–Trinajstić information content (AvgIpc) is 3.13. The molecule has 0 spiro atoms. The third-order valence-corrected chi connectivity index (χ3v) is 5.33. The van der Waals surface area contributed by atoms with Crippen LogP contribution in [0.3, 0.4) is 0 Å². The predicted molar refractivity (Wildman–Crippen MR) is 108 cm³/mol. The summed E-state index contributed by atoms with van der Waals surface area (Å²) >= 11 is 5.99. The van der Waals surface area contributed by atoms with E-state index >= 15 is 0 Å². The minimum atomic E-state index is -3.50. The summed E-state index contributed by atoms with van der Waals surface area (Å²) in [5.41, 5.74) is -1.18. The van der Waals surface area contributed by atoms with E-state index in [1.807, 2.05) is 5.43 Å². The molecular formula is C21H19ClF4N2O4. The maximum atomic E-state index is 13.5. The number of amides is 1. The van der Waals surface area contributed by atoms with Gasteiger partial charge in [0.1, 0.15) is 23.8 Å². The van der Waals surface area contributed by atoms with Crippen molar-refractivity contribution in [2.24, 2.45) is 0 Å². The van der Waals surface area contributed by atoms with Gasteiger partial charge in [-0.25, -0.2) is 13.8 Å². The fourth-order valence-corrected chi connectivity index (χ4v) is 3.26. The third-order valence-electron chi connectivity index (χ3n) is 4.90. The molecule has 32 heavy (non-hydrogen) atoms. The van der Waals surface area contributed by atoms with Gasteiger partial charge in [0.2, 0.25) is 5.72 Å². The van der Waals surface area contributed by atoms with E-state index in [2.05, 4.69) is 0 Å². The summed E-state index contributed by atoms with van der Waals surface area (Å²) in [5, 5.41) is 10.9. The Balaban J connectivity index is 1.88. The lowest BCUT2D eigenvalue weighted by Crippen LogP contribution is -2.55. The molecule has 172 valence electrons. The summed E-state index contributed by atoms with van der Waals surface area (Å²) in [4.78, 5) is 12.8. The van der Waals surface area contributed by atoms with Crippen LogP contribution in [0.25, 0.3) is 0 Å². The van der Waals surface area contributed by atoms with Gasteiger partial charge in [0.05, 0.1) is 13.5 Å². The fraction of sp³-hybridized carbons (Fsp3) is 0.286. The van der Waals surface area contributed by atoms with Crippen LogP contribution in [0.5, 0.6) is 11.5 Å². The second-order valence-electron chi connectivity index (χ2n) is 7.07. The minimum absolute atomic E-state index is 0.0534. The van der Waals surface area contributed by atoms with Crippen LogP contribution in [0.15, 0.2) is 48.2 Å². The standard InChI is InChI=1S/C21H19ClF4N2O4/c1-11-7-14(4-5-15(11)22)32-10-13-8-12(3-6-17(13)31-2)19(29)28-21(30,20(25)26)9-16(27-28)18(23)24/h3-8,20,27,30H,9-10H2,1-2H3. The Morgan fingerprint density at radius 2 is 2.00 bits per heavy atom. The lowest BCUT2D eigenvalue weighted by Gasteiger charge is -2.31. The lowest BCUT2D eigenvalue weighted by molar-refractivity contribution is -0.168. The Labute approximate surface area is 186 Å². The SMILES string of the molecule is COc1ccc(C(=O)N2NC(=C(F)F)CC2(O)C(F)F)cc1COc1ccc(Cl)c(C)c1. The average molecular weight is 475 g/mol. The first-order chi connectivity index (χ1) is 15.1. The summed E-state index contributed by atoms with van der Waals surface area (Å²) in [6.45, 7) is 1.74. The van der Waals surface area contributed by atoms with Gasteiger partial charge in [0, 0.05) is 16.1 Å². The van der Waals surface area contributed by atoms with E-state index in [4.69, 9.17) is 21.1 Å². The maximum absolute atomic E-state index is 13.5. The van der Waals surface area contributed by atoms with Crippen LogP contribution in [0.4, 0.5) is 17.6 Å². The summed E-state index contributed by atoms with van der Waals surface area (Å²) < 4.78 is 63.7. The largest absolute Gasteiger partial charge is 0.496 e. The molecule has 1 heterocycles. The van der Waals surface area contributed by atoms with Crippen molar-refractivity contribution < 1.29 is 36.9 Å². The Kier molecular flexibility index (Phi) is 6.85. The highest BCUT2D eigenvalue weighted by atomic mass is 35.5. The second kappa shape index (κ2) is 9.25. The van der Waals surface area contributed by atoms with E-state index in [0.29, 0.717) is 22.1 Å². The molecule has 6 nitrogen and oxygen atoms in total. The van der Waals surface area contributed by atoms with Gasteiger partial charge in [-0.1, -0.05) is 11.6 Å². The number of rotatable bonds is 6. The quantitative estimate of drug-likeness (QED) is 0.596. The number of methoxy groups -OCH3 is 1. The first kappa shape index (κ1) is 23.7. The van der Waals surface area contributed by atoms with E-state index in [0.717, 1.165) is 5.56 Å². The molecule has 0 bridgehead atoms. The van der Waals surface area contributed by atoms with E-state index in [1.54, 1.807) is 25.1 Å². The zero-order chi connectivity index (χ0) is 23.6. The molecule has 3 rings (SSSR count). The van der Waals surface area contributed by atoms with E-state index in [-0.39, 0.29) is 17.2 Å².